The van der Waals surface area contributed by atoms with Crippen LogP contribution in [-0.2, 0) is 6.54 Å². The van der Waals surface area contributed by atoms with E-state index in [0.717, 1.165) is 18.6 Å². The Kier molecular flexibility index (Phi) is 3.61. The number of benzene rings is 1. The molecule has 2 aliphatic heterocycles. The minimum atomic E-state index is 0.133. The molecule has 0 spiro atoms. The van der Waals surface area contributed by atoms with Gasteiger partial charge in [0.15, 0.2) is 0 Å². The molecule has 3 heteroatoms. The summed E-state index contributed by atoms with van der Waals surface area (Å²) in [5, 5.41) is 0. The van der Waals surface area contributed by atoms with Crippen LogP contribution < -0.4 is 5.73 Å². The molecule has 0 saturated carbocycles. The minimum absolute atomic E-state index is 0.133. The summed E-state index contributed by atoms with van der Waals surface area (Å²) in [6, 6.07) is 10.5. The molecule has 2 N–H and O–H groups in total. The molecular weight excluding hydrogens is 234 g/mol. The summed E-state index contributed by atoms with van der Waals surface area (Å²) in [5.41, 5.74) is 8.53. The first-order chi connectivity index (χ1) is 9.13. The summed E-state index contributed by atoms with van der Waals surface area (Å²) in [6.45, 7) is 5.57. The van der Waals surface area contributed by atoms with Crippen molar-refractivity contribution in [1.82, 2.24) is 9.80 Å². The van der Waals surface area contributed by atoms with Crippen molar-refractivity contribution in [2.24, 2.45) is 5.73 Å². The zero-order chi connectivity index (χ0) is 13.4. The van der Waals surface area contributed by atoms with E-state index >= 15 is 0 Å². The first-order valence-electron chi connectivity index (χ1n) is 7.42. The highest BCUT2D eigenvalue weighted by molar-refractivity contribution is 5.24. The third kappa shape index (κ3) is 2.69. The lowest BCUT2D eigenvalue weighted by atomic mass is 10.1. The Morgan fingerprint density at radius 3 is 2.26 bits per heavy atom. The largest absolute Gasteiger partial charge is 0.324 e. The molecule has 1 aromatic carbocycles. The lowest BCUT2D eigenvalue weighted by Gasteiger charge is -2.38. The quantitative estimate of drug-likeness (QED) is 0.901. The minimum Gasteiger partial charge on any atom is -0.324 e. The van der Waals surface area contributed by atoms with Gasteiger partial charge in [-0.3, -0.25) is 9.80 Å². The van der Waals surface area contributed by atoms with Crippen molar-refractivity contribution < 1.29 is 0 Å². The number of nitrogens with two attached hydrogens (primary N) is 1. The first kappa shape index (κ1) is 13.1. The number of fused-ring (bicyclic) bond motifs is 2. The molecule has 104 valence electrons. The van der Waals surface area contributed by atoms with Gasteiger partial charge in [-0.2, -0.15) is 0 Å². The molecule has 0 unspecified atom stereocenters. The number of likely N-dealkylation sites (N-methyl/N-ethyl adjacent to an activating group) is 1. The predicted molar refractivity (Wildman–Crippen MR) is 78.9 cm³/mol. The van der Waals surface area contributed by atoms with Gasteiger partial charge in [0.25, 0.3) is 0 Å². The SMILES string of the molecule is C[C@H](N)c1ccc(CN2C[C@H]3CC[C@@H](C2)N3C)cc1. The van der Waals surface area contributed by atoms with E-state index in [1.807, 2.05) is 6.92 Å². The van der Waals surface area contributed by atoms with E-state index in [2.05, 4.69) is 41.1 Å². The van der Waals surface area contributed by atoms with Gasteiger partial charge in [0, 0.05) is 37.8 Å². The number of likely N-dealkylation sites (tertiary alicyclic amines) is 1. The third-order valence-electron chi connectivity index (χ3n) is 4.83. The highest BCUT2D eigenvalue weighted by atomic mass is 15.3. The monoisotopic (exact) mass is 259 g/mol. The normalized spacial score (nSPS) is 29.6. The highest BCUT2D eigenvalue weighted by Crippen LogP contribution is 2.29. The van der Waals surface area contributed by atoms with Gasteiger partial charge in [-0.25, -0.2) is 0 Å². The van der Waals surface area contributed by atoms with Crippen molar-refractivity contribution in [3.63, 3.8) is 0 Å². The average Bonchev–Trinajstić information content (AvgIpc) is 2.63. The van der Waals surface area contributed by atoms with Crippen molar-refractivity contribution in [1.29, 1.82) is 0 Å². The molecule has 3 atom stereocenters. The molecule has 3 rings (SSSR count). The molecule has 0 radical (unpaired) electrons. The van der Waals surface area contributed by atoms with E-state index in [-0.39, 0.29) is 6.04 Å². The fourth-order valence-corrected chi connectivity index (χ4v) is 3.51. The second-order valence-electron chi connectivity index (χ2n) is 6.27. The lowest BCUT2D eigenvalue weighted by Crippen LogP contribution is -2.51. The Balaban J connectivity index is 1.63. The highest BCUT2D eigenvalue weighted by Gasteiger charge is 2.37. The zero-order valence-electron chi connectivity index (χ0n) is 12.0. The number of hydrogen-bond acceptors (Lipinski definition) is 3. The van der Waals surface area contributed by atoms with Gasteiger partial charge in [-0.15, -0.1) is 0 Å². The molecule has 19 heavy (non-hydrogen) atoms. The van der Waals surface area contributed by atoms with Gasteiger partial charge in [0.05, 0.1) is 0 Å². The number of nitrogens with zero attached hydrogens (tertiary/aromatic N) is 2. The summed E-state index contributed by atoms with van der Waals surface area (Å²) in [6.07, 6.45) is 2.75. The van der Waals surface area contributed by atoms with Crippen LogP contribution in [0.3, 0.4) is 0 Å². The van der Waals surface area contributed by atoms with Gasteiger partial charge >= 0.3 is 0 Å². The van der Waals surface area contributed by atoms with Crippen LogP contribution in [0.15, 0.2) is 24.3 Å². The summed E-state index contributed by atoms with van der Waals surface area (Å²) < 4.78 is 0. The maximum atomic E-state index is 5.89. The first-order valence-corrected chi connectivity index (χ1v) is 7.42. The zero-order valence-corrected chi connectivity index (χ0v) is 12.0. The molecule has 2 heterocycles. The van der Waals surface area contributed by atoms with Crippen LogP contribution in [0.25, 0.3) is 0 Å². The standard InChI is InChI=1S/C16H25N3/c1-12(17)14-5-3-13(4-6-14)9-19-10-15-7-8-16(11-19)18(15)2/h3-6,12,15-16H,7-11,17H2,1-2H3/t12-,15-,16+/m0/s1. The Morgan fingerprint density at radius 2 is 1.74 bits per heavy atom. The topological polar surface area (TPSA) is 32.5 Å². The maximum absolute atomic E-state index is 5.89. The Morgan fingerprint density at radius 1 is 1.16 bits per heavy atom. The van der Waals surface area contributed by atoms with Gasteiger partial charge in [0.2, 0.25) is 0 Å². The second kappa shape index (κ2) is 5.23. The summed E-state index contributed by atoms with van der Waals surface area (Å²) in [4.78, 5) is 5.19. The molecular formula is C16H25N3. The van der Waals surface area contributed by atoms with Crippen molar-refractivity contribution in [3.05, 3.63) is 35.4 Å². The van der Waals surface area contributed by atoms with Crippen LogP contribution in [0.2, 0.25) is 0 Å². The van der Waals surface area contributed by atoms with Gasteiger partial charge < -0.3 is 5.73 Å². The van der Waals surface area contributed by atoms with Crippen molar-refractivity contribution in [2.75, 3.05) is 20.1 Å². The molecule has 1 aromatic rings. The summed E-state index contributed by atoms with van der Waals surface area (Å²) in [5.74, 6) is 0. The molecule has 0 aromatic heterocycles. The van der Waals surface area contributed by atoms with Crippen molar-refractivity contribution in [2.45, 2.75) is 44.4 Å². The Labute approximate surface area is 116 Å². The molecule has 2 bridgehead atoms. The molecule has 2 saturated heterocycles. The average molecular weight is 259 g/mol. The fourth-order valence-electron chi connectivity index (χ4n) is 3.51. The fraction of sp³-hybridized carbons (Fsp3) is 0.625. The van der Waals surface area contributed by atoms with E-state index in [1.54, 1.807) is 0 Å². The van der Waals surface area contributed by atoms with Gasteiger partial charge in [-0.1, -0.05) is 24.3 Å². The van der Waals surface area contributed by atoms with E-state index in [9.17, 15) is 0 Å². The van der Waals surface area contributed by atoms with Gasteiger partial charge in [0.1, 0.15) is 0 Å². The second-order valence-corrected chi connectivity index (χ2v) is 6.27. The van der Waals surface area contributed by atoms with Crippen LogP contribution in [0.5, 0.6) is 0 Å². The molecule has 2 fully saturated rings. The molecule has 0 aliphatic carbocycles. The van der Waals surface area contributed by atoms with E-state index in [1.165, 1.54) is 37.1 Å². The van der Waals surface area contributed by atoms with Crippen LogP contribution in [0.4, 0.5) is 0 Å². The van der Waals surface area contributed by atoms with Crippen molar-refractivity contribution >= 4 is 0 Å². The van der Waals surface area contributed by atoms with Crippen LogP contribution in [0, 0.1) is 0 Å². The maximum Gasteiger partial charge on any atom is 0.0266 e. The summed E-state index contributed by atoms with van der Waals surface area (Å²) in [7, 11) is 2.29. The lowest BCUT2D eigenvalue weighted by molar-refractivity contribution is 0.0837. The predicted octanol–water partition coefficient (Wildman–Crippen LogP) is 1.98. The van der Waals surface area contributed by atoms with Crippen molar-refractivity contribution in [3.8, 4) is 0 Å². The molecule has 0 amide bonds. The van der Waals surface area contributed by atoms with E-state index < -0.39 is 0 Å². The Bertz CT molecular complexity index is 412. The van der Waals surface area contributed by atoms with E-state index in [0.29, 0.717) is 0 Å². The smallest absolute Gasteiger partial charge is 0.0266 e. The van der Waals surface area contributed by atoms with Crippen LogP contribution in [0.1, 0.15) is 36.9 Å². The third-order valence-corrected chi connectivity index (χ3v) is 4.83. The number of rotatable bonds is 3. The Hall–Kier alpha value is -0.900. The molecule has 3 nitrogen and oxygen atoms in total. The number of hydrogen-bond donors (Lipinski definition) is 1. The summed E-state index contributed by atoms with van der Waals surface area (Å²) >= 11 is 0. The number of piperazine rings is 1. The van der Waals surface area contributed by atoms with Crippen LogP contribution >= 0.6 is 0 Å². The van der Waals surface area contributed by atoms with E-state index in [4.69, 9.17) is 5.73 Å². The molecule has 2 aliphatic rings. The van der Waals surface area contributed by atoms with Gasteiger partial charge in [-0.05, 0) is 37.9 Å². The van der Waals surface area contributed by atoms with Crippen LogP contribution in [-0.4, -0.2) is 42.0 Å².